The number of ether oxygens (including phenoxy) is 1. The highest BCUT2D eigenvalue weighted by atomic mass is 16.5. The van der Waals surface area contributed by atoms with Gasteiger partial charge in [0.15, 0.2) is 6.61 Å². The van der Waals surface area contributed by atoms with Gasteiger partial charge in [-0.1, -0.05) is 60.2 Å². The number of carbonyl (C=O) groups excluding carboxylic acids is 2. The molecular formula is C26H23N3O3. The molecule has 3 rings (SSSR count). The molecule has 0 unspecified atom stereocenters. The van der Waals surface area contributed by atoms with Crippen LogP contribution in [0.5, 0.6) is 5.75 Å². The quantitative estimate of drug-likeness (QED) is 0.417. The van der Waals surface area contributed by atoms with Crippen molar-refractivity contribution in [2.24, 2.45) is 0 Å². The van der Waals surface area contributed by atoms with Gasteiger partial charge >= 0.3 is 0 Å². The summed E-state index contributed by atoms with van der Waals surface area (Å²) in [5.41, 5.74) is 3.45. The number of aryl methyl sites for hydroxylation is 1. The fourth-order valence-corrected chi connectivity index (χ4v) is 2.83. The predicted molar refractivity (Wildman–Crippen MR) is 124 cm³/mol. The van der Waals surface area contributed by atoms with E-state index in [1.54, 1.807) is 24.3 Å². The van der Waals surface area contributed by atoms with Crippen LogP contribution in [-0.2, 0) is 16.1 Å². The number of nitrogens with one attached hydrogen (secondary N) is 2. The van der Waals surface area contributed by atoms with Gasteiger partial charge in [-0.15, -0.1) is 0 Å². The number of nitrogens with zero attached hydrogens (tertiary/aromatic N) is 1. The van der Waals surface area contributed by atoms with Crippen LogP contribution in [0.1, 0.15) is 16.7 Å². The number of benzene rings is 3. The van der Waals surface area contributed by atoms with E-state index in [4.69, 9.17) is 4.74 Å². The normalized spacial score (nSPS) is 10.7. The number of hydrogen-bond acceptors (Lipinski definition) is 4. The van der Waals surface area contributed by atoms with Crippen molar-refractivity contribution >= 4 is 23.6 Å². The Morgan fingerprint density at radius 3 is 2.31 bits per heavy atom. The van der Waals surface area contributed by atoms with Gasteiger partial charge in [0, 0.05) is 12.2 Å². The number of amides is 2. The van der Waals surface area contributed by atoms with Crippen LogP contribution < -0.4 is 15.4 Å². The number of rotatable bonds is 8. The van der Waals surface area contributed by atoms with E-state index >= 15 is 0 Å². The Morgan fingerprint density at radius 1 is 0.969 bits per heavy atom. The highest BCUT2D eigenvalue weighted by molar-refractivity contribution is 6.01. The first kappa shape index (κ1) is 22.3. The van der Waals surface area contributed by atoms with Crippen LogP contribution in [0.15, 0.2) is 84.4 Å². The maximum atomic E-state index is 12.3. The van der Waals surface area contributed by atoms with Gasteiger partial charge in [-0.05, 0) is 48.4 Å². The van der Waals surface area contributed by atoms with Crippen LogP contribution in [0.25, 0.3) is 6.08 Å². The van der Waals surface area contributed by atoms with Crippen molar-refractivity contribution in [3.63, 3.8) is 0 Å². The van der Waals surface area contributed by atoms with Crippen molar-refractivity contribution in [1.82, 2.24) is 5.32 Å². The lowest BCUT2D eigenvalue weighted by Crippen LogP contribution is -2.23. The van der Waals surface area contributed by atoms with Crippen LogP contribution in [-0.4, -0.2) is 18.4 Å². The lowest BCUT2D eigenvalue weighted by atomic mass is 10.1. The Kier molecular flexibility index (Phi) is 7.77. The number of hydrogen-bond donors (Lipinski definition) is 2. The first-order valence-corrected chi connectivity index (χ1v) is 10.1. The van der Waals surface area contributed by atoms with E-state index in [-0.39, 0.29) is 18.1 Å². The lowest BCUT2D eigenvalue weighted by molar-refractivity contribution is -0.118. The molecule has 0 atom stereocenters. The molecule has 0 spiro atoms. The fourth-order valence-electron chi connectivity index (χ4n) is 2.83. The molecule has 0 aliphatic heterocycles. The number of nitriles is 1. The van der Waals surface area contributed by atoms with Gasteiger partial charge in [-0.25, -0.2) is 0 Å². The highest BCUT2D eigenvalue weighted by Gasteiger charge is 2.09. The average molecular weight is 425 g/mol. The smallest absolute Gasteiger partial charge is 0.262 e. The minimum atomic E-state index is -0.440. The summed E-state index contributed by atoms with van der Waals surface area (Å²) in [5.74, 6) is -0.197. The molecule has 2 N–H and O–H groups in total. The predicted octanol–water partition coefficient (Wildman–Crippen LogP) is 4.24. The Labute approximate surface area is 187 Å². The summed E-state index contributed by atoms with van der Waals surface area (Å²) in [6, 6.07) is 25.7. The molecule has 0 fully saturated rings. The van der Waals surface area contributed by atoms with E-state index in [9.17, 15) is 14.9 Å². The fraction of sp³-hybridized carbons (Fsp3) is 0.115. The maximum absolute atomic E-state index is 12.3. The van der Waals surface area contributed by atoms with Crippen LogP contribution in [0, 0.1) is 18.3 Å². The Balaban J connectivity index is 1.52. The third kappa shape index (κ3) is 6.85. The van der Waals surface area contributed by atoms with Crippen molar-refractivity contribution in [3.05, 3.63) is 101 Å². The van der Waals surface area contributed by atoms with Gasteiger partial charge < -0.3 is 15.4 Å². The SMILES string of the molecule is Cc1ccc(NC(=O)COc2ccc(/C=C(/C#N)C(=O)NCc3ccccc3)cc2)cc1. The molecule has 3 aromatic rings. The van der Waals surface area contributed by atoms with Gasteiger partial charge in [0.25, 0.3) is 11.8 Å². The van der Waals surface area contributed by atoms with Crippen LogP contribution in [0.3, 0.4) is 0 Å². The monoisotopic (exact) mass is 425 g/mol. The van der Waals surface area contributed by atoms with E-state index < -0.39 is 5.91 Å². The molecule has 0 heterocycles. The second-order valence-electron chi connectivity index (χ2n) is 7.11. The molecule has 0 saturated carbocycles. The van der Waals surface area contributed by atoms with E-state index in [0.717, 1.165) is 11.1 Å². The van der Waals surface area contributed by atoms with Gasteiger partial charge in [-0.2, -0.15) is 5.26 Å². The first-order chi connectivity index (χ1) is 15.5. The van der Waals surface area contributed by atoms with Gasteiger partial charge in [0.1, 0.15) is 17.4 Å². The molecule has 0 saturated heterocycles. The standard InChI is InChI=1S/C26H23N3O3/c1-19-7-11-23(12-8-19)29-25(30)18-32-24-13-9-20(10-14-24)15-22(16-27)26(31)28-17-21-5-3-2-4-6-21/h2-15H,17-18H2,1H3,(H,28,31)(H,29,30)/b22-15-. The molecule has 6 heteroatoms. The second kappa shape index (κ2) is 11.1. The zero-order chi connectivity index (χ0) is 22.8. The van der Waals surface area contributed by atoms with Gasteiger partial charge in [0.2, 0.25) is 0 Å². The summed E-state index contributed by atoms with van der Waals surface area (Å²) in [4.78, 5) is 24.3. The van der Waals surface area contributed by atoms with Gasteiger partial charge in [-0.3, -0.25) is 9.59 Å². The molecule has 0 aliphatic carbocycles. The topological polar surface area (TPSA) is 91.2 Å². The minimum absolute atomic E-state index is 0.00655. The Bertz CT molecular complexity index is 1130. The summed E-state index contributed by atoms with van der Waals surface area (Å²) < 4.78 is 5.51. The second-order valence-corrected chi connectivity index (χ2v) is 7.11. The molecule has 0 aromatic heterocycles. The Hall–Kier alpha value is -4.37. The maximum Gasteiger partial charge on any atom is 0.262 e. The number of anilines is 1. The van der Waals surface area contributed by atoms with Crippen LogP contribution in [0.2, 0.25) is 0 Å². The van der Waals surface area contributed by atoms with E-state index in [1.165, 1.54) is 6.08 Å². The largest absolute Gasteiger partial charge is 0.484 e. The zero-order valence-corrected chi connectivity index (χ0v) is 17.7. The van der Waals surface area contributed by atoms with Crippen LogP contribution >= 0.6 is 0 Å². The summed E-state index contributed by atoms with van der Waals surface area (Å²) in [6.07, 6.45) is 1.51. The minimum Gasteiger partial charge on any atom is -0.484 e. The van der Waals surface area contributed by atoms with Crippen molar-refractivity contribution in [2.45, 2.75) is 13.5 Å². The summed E-state index contributed by atoms with van der Waals surface area (Å²) in [5, 5.41) is 14.8. The average Bonchev–Trinajstić information content (AvgIpc) is 2.82. The van der Waals surface area contributed by atoms with E-state index in [0.29, 0.717) is 23.5 Å². The van der Waals surface area contributed by atoms with Crippen LogP contribution in [0.4, 0.5) is 5.69 Å². The molecule has 3 aromatic carbocycles. The molecule has 6 nitrogen and oxygen atoms in total. The molecule has 0 bridgehead atoms. The summed E-state index contributed by atoms with van der Waals surface area (Å²) >= 11 is 0. The molecule has 0 radical (unpaired) electrons. The van der Waals surface area contributed by atoms with E-state index in [1.807, 2.05) is 67.6 Å². The third-order valence-corrected chi connectivity index (χ3v) is 4.56. The molecule has 160 valence electrons. The van der Waals surface area contributed by atoms with Crippen molar-refractivity contribution in [2.75, 3.05) is 11.9 Å². The van der Waals surface area contributed by atoms with Crippen molar-refractivity contribution in [3.8, 4) is 11.8 Å². The summed E-state index contributed by atoms with van der Waals surface area (Å²) in [6.45, 7) is 2.19. The number of carbonyl (C=O) groups is 2. The first-order valence-electron chi connectivity index (χ1n) is 10.1. The third-order valence-electron chi connectivity index (χ3n) is 4.56. The lowest BCUT2D eigenvalue weighted by Gasteiger charge is -2.08. The molecule has 0 aliphatic rings. The molecule has 32 heavy (non-hydrogen) atoms. The highest BCUT2D eigenvalue weighted by Crippen LogP contribution is 2.15. The van der Waals surface area contributed by atoms with E-state index in [2.05, 4.69) is 10.6 Å². The Morgan fingerprint density at radius 2 is 1.66 bits per heavy atom. The molecular weight excluding hydrogens is 402 g/mol. The van der Waals surface area contributed by atoms with Gasteiger partial charge in [0.05, 0.1) is 0 Å². The zero-order valence-electron chi connectivity index (χ0n) is 17.7. The molecule has 2 amide bonds. The van der Waals surface area contributed by atoms with Crippen molar-refractivity contribution in [1.29, 1.82) is 5.26 Å². The summed E-state index contributed by atoms with van der Waals surface area (Å²) in [7, 11) is 0. The van der Waals surface area contributed by atoms with Crippen molar-refractivity contribution < 1.29 is 14.3 Å².